The minimum Gasteiger partial charge on any atom is -0.312 e. The van der Waals surface area contributed by atoms with E-state index in [0.29, 0.717) is 5.41 Å². The van der Waals surface area contributed by atoms with Crippen molar-refractivity contribution in [1.82, 2.24) is 5.32 Å². The summed E-state index contributed by atoms with van der Waals surface area (Å²) in [5.74, 6) is 0. The molecule has 0 radical (unpaired) electrons. The second-order valence-corrected chi connectivity index (χ2v) is 5.89. The van der Waals surface area contributed by atoms with Gasteiger partial charge in [0, 0.05) is 17.6 Å². The third kappa shape index (κ3) is 2.86. The fourth-order valence-electron chi connectivity index (χ4n) is 2.05. The molecular formula is C14H20BrN. The molecule has 0 aliphatic heterocycles. The predicted molar refractivity (Wildman–Crippen MR) is 72.5 cm³/mol. The molecule has 0 bridgehead atoms. The lowest BCUT2D eigenvalue weighted by Gasteiger charge is -2.13. The van der Waals surface area contributed by atoms with Crippen LogP contribution in [0.5, 0.6) is 0 Å². The van der Waals surface area contributed by atoms with Gasteiger partial charge in [0.2, 0.25) is 0 Å². The van der Waals surface area contributed by atoms with Gasteiger partial charge in [0.15, 0.2) is 0 Å². The Bertz CT molecular complexity index is 369. The number of nitrogens with one attached hydrogen (secondary N) is 1. The number of aryl methyl sites for hydroxylation is 1. The first-order chi connectivity index (χ1) is 7.65. The maximum atomic E-state index is 3.58. The van der Waals surface area contributed by atoms with Crippen molar-refractivity contribution in [3.8, 4) is 0 Å². The molecule has 16 heavy (non-hydrogen) atoms. The summed E-state index contributed by atoms with van der Waals surface area (Å²) in [6.07, 6.45) is 4.14. The number of rotatable bonds is 5. The molecule has 0 saturated heterocycles. The highest BCUT2D eigenvalue weighted by molar-refractivity contribution is 9.10. The van der Waals surface area contributed by atoms with E-state index in [1.54, 1.807) is 0 Å². The van der Waals surface area contributed by atoms with Gasteiger partial charge in [0.25, 0.3) is 0 Å². The molecule has 1 nitrogen and oxygen atoms in total. The van der Waals surface area contributed by atoms with Crippen molar-refractivity contribution in [3.63, 3.8) is 0 Å². The van der Waals surface area contributed by atoms with Crippen LogP contribution in [0, 0.1) is 12.3 Å². The summed E-state index contributed by atoms with van der Waals surface area (Å²) in [5, 5.41) is 3.58. The maximum absolute atomic E-state index is 3.58. The van der Waals surface area contributed by atoms with Crippen molar-refractivity contribution in [3.05, 3.63) is 33.8 Å². The first kappa shape index (κ1) is 12.1. The summed E-state index contributed by atoms with van der Waals surface area (Å²) in [4.78, 5) is 0. The number of hydrogen-bond donors (Lipinski definition) is 1. The van der Waals surface area contributed by atoms with Crippen molar-refractivity contribution < 1.29 is 0 Å². The van der Waals surface area contributed by atoms with Gasteiger partial charge in [0.05, 0.1) is 0 Å². The Morgan fingerprint density at radius 3 is 2.69 bits per heavy atom. The van der Waals surface area contributed by atoms with Gasteiger partial charge < -0.3 is 5.32 Å². The molecule has 2 heteroatoms. The monoisotopic (exact) mass is 281 g/mol. The van der Waals surface area contributed by atoms with E-state index in [9.17, 15) is 0 Å². The average Bonchev–Trinajstić information content (AvgIpc) is 3.04. The van der Waals surface area contributed by atoms with Crippen LogP contribution in [-0.4, -0.2) is 6.54 Å². The van der Waals surface area contributed by atoms with Gasteiger partial charge in [-0.25, -0.2) is 0 Å². The van der Waals surface area contributed by atoms with Crippen LogP contribution in [0.1, 0.15) is 37.3 Å². The van der Waals surface area contributed by atoms with E-state index >= 15 is 0 Å². The minimum absolute atomic E-state index is 0.641. The molecule has 2 rings (SSSR count). The standard InChI is InChI=1S/C14H20BrN/c1-3-14(6-7-14)10-16-9-12-5-4-11(2)13(15)8-12/h4-5,8,16H,3,6-7,9-10H2,1-2H3. The van der Waals surface area contributed by atoms with Crippen LogP contribution in [-0.2, 0) is 6.54 Å². The summed E-state index contributed by atoms with van der Waals surface area (Å²) < 4.78 is 1.21. The molecule has 0 aromatic heterocycles. The molecule has 0 spiro atoms. The molecular weight excluding hydrogens is 262 g/mol. The van der Waals surface area contributed by atoms with Crippen LogP contribution >= 0.6 is 15.9 Å². The van der Waals surface area contributed by atoms with Crippen molar-refractivity contribution >= 4 is 15.9 Å². The minimum atomic E-state index is 0.641. The smallest absolute Gasteiger partial charge is 0.0207 e. The average molecular weight is 282 g/mol. The normalized spacial score (nSPS) is 17.4. The SMILES string of the molecule is CCC1(CNCc2ccc(C)c(Br)c2)CC1. The molecule has 0 unspecified atom stereocenters. The van der Waals surface area contributed by atoms with Gasteiger partial charge in [-0.15, -0.1) is 0 Å². The van der Waals surface area contributed by atoms with Gasteiger partial charge >= 0.3 is 0 Å². The summed E-state index contributed by atoms with van der Waals surface area (Å²) in [5.41, 5.74) is 3.31. The first-order valence-electron chi connectivity index (χ1n) is 6.11. The summed E-state index contributed by atoms with van der Waals surface area (Å²) in [6, 6.07) is 6.60. The van der Waals surface area contributed by atoms with E-state index in [2.05, 4.69) is 53.3 Å². The molecule has 1 aromatic carbocycles. The van der Waals surface area contributed by atoms with Gasteiger partial charge in [0.1, 0.15) is 0 Å². The third-order valence-corrected chi connectivity index (χ3v) is 4.63. The van der Waals surface area contributed by atoms with E-state index in [4.69, 9.17) is 0 Å². The number of halogens is 1. The molecule has 1 aliphatic carbocycles. The lowest BCUT2D eigenvalue weighted by Crippen LogP contribution is -2.23. The van der Waals surface area contributed by atoms with Crippen LogP contribution in [0.4, 0.5) is 0 Å². The van der Waals surface area contributed by atoms with Crippen molar-refractivity contribution in [2.45, 2.75) is 39.7 Å². The Kier molecular flexibility index (Phi) is 3.70. The summed E-state index contributed by atoms with van der Waals surface area (Å²) in [7, 11) is 0. The quantitative estimate of drug-likeness (QED) is 0.859. The fraction of sp³-hybridized carbons (Fsp3) is 0.571. The van der Waals surface area contributed by atoms with Crippen molar-refractivity contribution in [2.24, 2.45) is 5.41 Å². The summed E-state index contributed by atoms with van der Waals surface area (Å²) in [6.45, 7) is 6.59. The van der Waals surface area contributed by atoms with Crippen LogP contribution in [0.25, 0.3) is 0 Å². The zero-order chi connectivity index (χ0) is 11.6. The predicted octanol–water partition coefficient (Wildman–Crippen LogP) is 4.04. The first-order valence-corrected chi connectivity index (χ1v) is 6.90. The van der Waals surface area contributed by atoms with Gasteiger partial charge in [-0.1, -0.05) is 35.0 Å². The fourth-order valence-corrected chi connectivity index (χ4v) is 2.48. The molecule has 0 heterocycles. The Morgan fingerprint density at radius 2 is 2.12 bits per heavy atom. The Hall–Kier alpha value is -0.340. The molecule has 1 aromatic rings. The van der Waals surface area contributed by atoms with Crippen LogP contribution in [0.2, 0.25) is 0 Å². The molecule has 1 saturated carbocycles. The van der Waals surface area contributed by atoms with Crippen LogP contribution < -0.4 is 5.32 Å². The van der Waals surface area contributed by atoms with Crippen LogP contribution in [0.3, 0.4) is 0 Å². The van der Waals surface area contributed by atoms with Crippen molar-refractivity contribution in [2.75, 3.05) is 6.54 Å². The lowest BCUT2D eigenvalue weighted by atomic mass is 10.0. The molecule has 1 fully saturated rings. The third-order valence-electron chi connectivity index (χ3n) is 3.77. The lowest BCUT2D eigenvalue weighted by molar-refractivity contribution is 0.443. The zero-order valence-electron chi connectivity index (χ0n) is 10.1. The molecule has 1 aliphatic rings. The van der Waals surface area contributed by atoms with E-state index in [1.165, 1.54) is 41.4 Å². The summed E-state index contributed by atoms with van der Waals surface area (Å²) >= 11 is 3.58. The highest BCUT2D eigenvalue weighted by Crippen LogP contribution is 2.47. The molecule has 0 atom stereocenters. The molecule has 88 valence electrons. The highest BCUT2D eigenvalue weighted by atomic mass is 79.9. The topological polar surface area (TPSA) is 12.0 Å². The van der Waals surface area contributed by atoms with Gasteiger partial charge in [-0.2, -0.15) is 0 Å². The van der Waals surface area contributed by atoms with E-state index in [-0.39, 0.29) is 0 Å². The Morgan fingerprint density at radius 1 is 1.38 bits per heavy atom. The Labute approximate surface area is 107 Å². The molecule has 0 amide bonds. The van der Waals surface area contributed by atoms with Gasteiger partial charge in [-0.3, -0.25) is 0 Å². The van der Waals surface area contributed by atoms with E-state index in [1.807, 2.05) is 0 Å². The zero-order valence-corrected chi connectivity index (χ0v) is 11.7. The largest absolute Gasteiger partial charge is 0.312 e. The highest BCUT2D eigenvalue weighted by Gasteiger charge is 2.39. The van der Waals surface area contributed by atoms with E-state index in [0.717, 1.165) is 6.54 Å². The number of benzene rings is 1. The number of hydrogen-bond acceptors (Lipinski definition) is 1. The maximum Gasteiger partial charge on any atom is 0.0207 e. The second-order valence-electron chi connectivity index (χ2n) is 5.04. The molecule has 1 N–H and O–H groups in total. The Balaban J connectivity index is 1.83. The van der Waals surface area contributed by atoms with E-state index < -0.39 is 0 Å². The van der Waals surface area contributed by atoms with Crippen LogP contribution in [0.15, 0.2) is 22.7 Å². The second kappa shape index (κ2) is 4.89. The van der Waals surface area contributed by atoms with Crippen molar-refractivity contribution in [1.29, 1.82) is 0 Å². The van der Waals surface area contributed by atoms with Gasteiger partial charge in [-0.05, 0) is 48.8 Å².